The Balaban J connectivity index is 1.76. The standard InChI is InChI=1S/C21H17F2NO4/c1-2-28-20(27)21(9-4-10-21)12-5-3-6-13(11-12)24-18(25)16-14(22)7-8-15(23)17(16)19(24)26/h3,5-8,11H,2,4,9-10H2,1H3. The van der Waals surface area contributed by atoms with Gasteiger partial charge in [0, 0.05) is 0 Å². The number of esters is 1. The van der Waals surface area contributed by atoms with E-state index in [1.165, 1.54) is 6.07 Å². The zero-order valence-corrected chi connectivity index (χ0v) is 15.1. The van der Waals surface area contributed by atoms with Crippen LogP contribution >= 0.6 is 0 Å². The van der Waals surface area contributed by atoms with Crippen LogP contribution in [0.3, 0.4) is 0 Å². The molecule has 2 aromatic rings. The number of anilines is 1. The Labute approximate surface area is 159 Å². The van der Waals surface area contributed by atoms with Gasteiger partial charge in [-0.25, -0.2) is 13.7 Å². The first-order chi connectivity index (χ1) is 13.4. The number of rotatable bonds is 4. The van der Waals surface area contributed by atoms with Crippen molar-refractivity contribution in [1.29, 1.82) is 0 Å². The van der Waals surface area contributed by atoms with Crippen LogP contribution in [-0.4, -0.2) is 24.4 Å². The maximum absolute atomic E-state index is 14.1. The van der Waals surface area contributed by atoms with Crippen molar-refractivity contribution >= 4 is 23.5 Å². The number of halogens is 2. The summed E-state index contributed by atoms with van der Waals surface area (Å²) in [6.07, 6.45) is 2.05. The van der Waals surface area contributed by atoms with E-state index in [1.54, 1.807) is 25.1 Å². The van der Waals surface area contributed by atoms with Gasteiger partial charge in [-0.2, -0.15) is 0 Å². The lowest BCUT2D eigenvalue weighted by molar-refractivity contribution is -0.153. The van der Waals surface area contributed by atoms with Gasteiger partial charge < -0.3 is 4.74 Å². The summed E-state index contributed by atoms with van der Waals surface area (Å²) in [5.41, 5.74) is -1.18. The first-order valence-corrected chi connectivity index (χ1v) is 9.05. The second-order valence-corrected chi connectivity index (χ2v) is 6.93. The van der Waals surface area contributed by atoms with Gasteiger partial charge in [0.05, 0.1) is 28.8 Å². The predicted octanol–water partition coefficient (Wildman–Crippen LogP) is 3.75. The van der Waals surface area contributed by atoms with Crippen molar-refractivity contribution in [3.05, 3.63) is 64.7 Å². The molecule has 1 aliphatic heterocycles. The van der Waals surface area contributed by atoms with E-state index in [2.05, 4.69) is 0 Å². The first kappa shape index (κ1) is 18.3. The van der Waals surface area contributed by atoms with Crippen molar-refractivity contribution in [2.75, 3.05) is 11.5 Å². The third-order valence-corrected chi connectivity index (χ3v) is 5.47. The molecule has 1 fully saturated rings. The van der Waals surface area contributed by atoms with Crippen LogP contribution in [0.4, 0.5) is 14.5 Å². The lowest BCUT2D eigenvalue weighted by Gasteiger charge is -2.40. The molecule has 144 valence electrons. The molecule has 2 aliphatic rings. The molecule has 4 rings (SSSR count). The Kier molecular flexibility index (Phi) is 4.25. The maximum Gasteiger partial charge on any atom is 0.316 e. The quantitative estimate of drug-likeness (QED) is 0.594. The Morgan fingerprint density at radius 3 is 2.18 bits per heavy atom. The smallest absolute Gasteiger partial charge is 0.316 e. The van der Waals surface area contributed by atoms with Crippen LogP contribution in [0.25, 0.3) is 0 Å². The van der Waals surface area contributed by atoms with Crippen LogP contribution in [-0.2, 0) is 14.9 Å². The van der Waals surface area contributed by atoms with Crippen LogP contribution < -0.4 is 4.90 Å². The highest BCUT2D eigenvalue weighted by Gasteiger charge is 2.48. The van der Waals surface area contributed by atoms with Gasteiger partial charge in [0.2, 0.25) is 0 Å². The lowest BCUT2D eigenvalue weighted by atomic mass is 9.64. The second kappa shape index (κ2) is 6.51. The number of carbonyl (C=O) groups is 3. The first-order valence-electron chi connectivity index (χ1n) is 9.05. The summed E-state index contributed by atoms with van der Waals surface area (Å²) in [6, 6.07) is 8.04. The molecule has 2 amide bonds. The summed E-state index contributed by atoms with van der Waals surface area (Å²) in [6.45, 7) is 1.97. The summed E-state index contributed by atoms with van der Waals surface area (Å²) >= 11 is 0. The van der Waals surface area contributed by atoms with Crippen molar-refractivity contribution < 1.29 is 27.9 Å². The fourth-order valence-electron chi connectivity index (χ4n) is 3.87. The van der Waals surface area contributed by atoms with Gasteiger partial charge in [-0.15, -0.1) is 0 Å². The van der Waals surface area contributed by atoms with Crippen molar-refractivity contribution in [3.63, 3.8) is 0 Å². The number of hydrogen-bond donors (Lipinski definition) is 0. The van der Waals surface area contributed by atoms with E-state index in [4.69, 9.17) is 4.74 Å². The molecule has 0 bridgehead atoms. The third kappa shape index (κ3) is 2.46. The van der Waals surface area contributed by atoms with Crippen LogP contribution in [0, 0.1) is 11.6 Å². The summed E-state index contributed by atoms with van der Waals surface area (Å²) < 4.78 is 33.4. The molecule has 28 heavy (non-hydrogen) atoms. The minimum atomic E-state index is -0.949. The molecular weight excluding hydrogens is 368 g/mol. The molecule has 1 saturated carbocycles. The van der Waals surface area contributed by atoms with Crippen molar-refractivity contribution in [3.8, 4) is 0 Å². The van der Waals surface area contributed by atoms with Crippen LogP contribution in [0.1, 0.15) is 52.5 Å². The largest absolute Gasteiger partial charge is 0.465 e. The monoisotopic (exact) mass is 385 g/mol. The molecule has 0 N–H and O–H groups in total. The summed E-state index contributed by atoms with van der Waals surface area (Å²) in [4.78, 5) is 38.6. The van der Waals surface area contributed by atoms with Crippen LogP contribution in [0.15, 0.2) is 36.4 Å². The molecular formula is C21H17F2NO4. The third-order valence-electron chi connectivity index (χ3n) is 5.47. The van der Waals surface area contributed by atoms with E-state index >= 15 is 0 Å². The molecule has 2 aromatic carbocycles. The SMILES string of the molecule is CCOC(=O)C1(c2cccc(N3C(=O)c4c(F)ccc(F)c4C3=O)c2)CCC1. The number of imide groups is 1. The van der Waals surface area contributed by atoms with Crippen molar-refractivity contribution in [2.45, 2.75) is 31.6 Å². The van der Waals surface area contributed by atoms with Gasteiger partial charge in [0.25, 0.3) is 11.8 Å². The zero-order valence-electron chi connectivity index (χ0n) is 15.1. The summed E-state index contributed by atoms with van der Waals surface area (Å²) in [7, 11) is 0. The van der Waals surface area contributed by atoms with Crippen LogP contribution in [0.5, 0.6) is 0 Å². The average molecular weight is 385 g/mol. The number of hydrogen-bond acceptors (Lipinski definition) is 4. The molecule has 0 atom stereocenters. The van der Waals surface area contributed by atoms with E-state index in [0.717, 1.165) is 23.5 Å². The molecule has 0 spiro atoms. The average Bonchev–Trinajstić information content (AvgIpc) is 2.90. The van der Waals surface area contributed by atoms with E-state index < -0.39 is 40.0 Å². The van der Waals surface area contributed by atoms with Gasteiger partial charge in [-0.05, 0) is 49.6 Å². The van der Waals surface area contributed by atoms with E-state index in [9.17, 15) is 23.2 Å². The van der Waals surface area contributed by atoms with Gasteiger partial charge >= 0.3 is 5.97 Å². The lowest BCUT2D eigenvalue weighted by Crippen LogP contribution is -2.44. The summed E-state index contributed by atoms with van der Waals surface area (Å²) in [5.74, 6) is -4.09. The number of fused-ring (bicyclic) bond motifs is 1. The van der Waals surface area contributed by atoms with Crippen molar-refractivity contribution in [1.82, 2.24) is 0 Å². The Hall–Kier alpha value is -3.09. The van der Waals surface area contributed by atoms with Gasteiger partial charge in [0.15, 0.2) is 0 Å². The normalized spacial score (nSPS) is 17.3. The zero-order chi connectivity index (χ0) is 20.1. The molecule has 1 aliphatic carbocycles. The van der Waals surface area contributed by atoms with Crippen LogP contribution in [0.2, 0.25) is 0 Å². The number of amides is 2. The minimum Gasteiger partial charge on any atom is -0.465 e. The Morgan fingerprint density at radius 2 is 1.68 bits per heavy atom. The highest BCUT2D eigenvalue weighted by Crippen LogP contribution is 2.46. The van der Waals surface area contributed by atoms with E-state index in [0.29, 0.717) is 18.4 Å². The topological polar surface area (TPSA) is 63.7 Å². The molecule has 5 nitrogen and oxygen atoms in total. The van der Waals surface area contributed by atoms with Gasteiger partial charge in [-0.1, -0.05) is 18.6 Å². The molecule has 0 radical (unpaired) electrons. The number of carbonyl (C=O) groups excluding carboxylic acids is 3. The fraction of sp³-hybridized carbons (Fsp3) is 0.286. The van der Waals surface area contributed by atoms with E-state index in [-0.39, 0.29) is 18.3 Å². The Bertz CT molecular complexity index is 972. The minimum absolute atomic E-state index is 0.165. The number of ether oxygens (including phenoxy) is 1. The molecule has 0 saturated heterocycles. The fourth-order valence-corrected chi connectivity index (χ4v) is 3.87. The molecule has 0 unspecified atom stereocenters. The number of benzene rings is 2. The molecule has 7 heteroatoms. The Morgan fingerprint density at radius 1 is 1.07 bits per heavy atom. The summed E-state index contributed by atoms with van der Waals surface area (Å²) in [5, 5.41) is 0. The van der Waals surface area contributed by atoms with Gasteiger partial charge in [-0.3, -0.25) is 14.4 Å². The second-order valence-electron chi connectivity index (χ2n) is 6.93. The molecule has 1 heterocycles. The highest BCUT2D eigenvalue weighted by molar-refractivity contribution is 6.34. The molecule has 0 aromatic heterocycles. The predicted molar refractivity (Wildman–Crippen MR) is 96.1 cm³/mol. The van der Waals surface area contributed by atoms with Crippen molar-refractivity contribution in [2.24, 2.45) is 0 Å². The number of nitrogens with zero attached hydrogens (tertiary/aromatic N) is 1. The van der Waals surface area contributed by atoms with Gasteiger partial charge in [0.1, 0.15) is 11.6 Å². The maximum atomic E-state index is 14.1. The highest BCUT2D eigenvalue weighted by atomic mass is 19.1. The van der Waals surface area contributed by atoms with E-state index in [1.807, 2.05) is 0 Å².